The summed E-state index contributed by atoms with van der Waals surface area (Å²) in [5, 5.41) is 1.28. The van der Waals surface area contributed by atoms with Crippen molar-refractivity contribution in [3.05, 3.63) is 67.2 Å². The fraction of sp³-hybridized carbons (Fsp3) is 0.0625. The van der Waals surface area contributed by atoms with Crippen molar-refractivity contribution >= 4 is 32.7 Å². The fourth-order valence-electron chi connectivity index (χ4n) is 2.70. The molecule has 0 atom stereocenters. The first-order valence-electron chi connectivity index (χ1n) is 6.57. The third kappa shape index (κ3) is 1.57. The van der Waals surface area contributed by atoms with Crippen molar-refractivity contribution in [3.63, 3.8) is 0 Å². The molecule has 0 saturated heterocycles. The van der Waals surface area contributed by atoms with Crippen LogP contribution in [0.1, 0.15) is 5.76 Å². The third-order valence-corrected chi connectivity index (χ3v) is 3.61. The van der Waals surface area contributed by atoms with Gasteiger partial charge in [0.1, 0.15) is 16.7 Å². The summed E-state index contributed by atoms with van der Waals surface area (Å²) >= 11 is 0. The van der Waals surface area contributed by atoms with Gasteiger partial charge in [-0.15, -0.1) is 0 Å². The molecule has 22 heavy (non-hydrogen) atoms. The molecule has 0 bridgehead atoms. The monoisotopic (exact) mass is 295 g/mol. The molecule has 4 aromatic rings. The molecule has 0 amide bonds. The van der Waals surface area contributed by atoms with E-state index in [1.54, 1.807) is 19.2 Å². The van der Waals surface area contributed by atoms with Crippen LogP contribution in [0.4, 0.5) is 0 Å². The summed E-state index contributed by atoms with van der Waals surface area (Å²) in [5.74, 6) is 0.381. The van der Waals surface area contributed by atoms with Crippen molar-refractivity contribution in [2.45, 2.75) is 6.92 Å². The van der Waals surface area contributed by atoms with E-state index in [-0.39, 0.29) is 16.6 Å². The lowest BCUT2D eigenvalue weighted by atomic mass is 10.1. The SMILES string of the molecule is Cc1cc(=O)c2c(=O)cc3oc(=O)c4c[nH]ccc4c3c2o1. The molecule has 108 valence electrons. The number of fused-ring (bicyclic) bond motifs is 5. The fourth-order valence-corrected chi connectivity index (χ4v) is 2.70. The van der Waals surface area contributed by atoms with Crippen LogP contribution in [0.2, 0.25) is 0 Å². The topological polar surface area (TPSA) is 93.3 Å². The Balaban J connectivity index is 2.50. The molecule has 0 radical (unpaired) electrons. The van der Waals surface area contributed by atoms with Crippen LogP contribution in [0.15, 0.2) is 53.8 Å². The normalized spacial score (nSPS) is 11.5. The zero-order valence-electron chi connectivity index (χ0n) is 11.4. The predicted octanol–water partition coefficient (Wildman–Crippen LogP) is 2.05. The molecule has 6 heteroatoms. The van der Waals surface area contributed by atoms with Crippen LogP contribution in [-0.2, 0) is 0 Å². The standard InChI is InChI=1S/C16H9NO5/c1-7-4-10(18)14-11(19)5-12-13(15(14)21-7)8-2-3-17-6-9(8)16(20)22-12/h2-6,17H,1H3. The molecule has 0 unspecified atom stereocenters. The van der Waals surface area contributed by atoms with Crippen molar-refractivity contribution in [3.8, 4) is 0 Å². The summed E-state index contributed by atoms with van der Waals surface area (Å²) in [5.41, 5.74) is -1.25. The van der Waals surface area contributed by atoms with E-state index in [0.717, 1.165) is 6.07 Å². The van der Waals surface area contributed by atoms with Gasteiger partial charge in [-0.2, -0.15) is 0 Å². The highest BCUT2D eigenvalue weighted by atomic mass is 16.4. The highest BCUT2D eigenvalue weighted by molar-refractivity contribution is 6.15. The number of benzene rings is 1. The molecule has 0 saturated carbocycles. The van der Waals surface area contributed by atoms with Gasteiger partial charge in [0, 0.05) is 29.9 Å². The van der Waals surface area contributed by atoms with Gasteiger partial charge in [-0.1, -0.05) is 0 Å². The van der Waals surface area contributed by atoms with Crippen LogP contribution < -0.4 is 16.5 Å². The van der Waals surface area contributed by atoms with Gasteiger partial charge < -0.3 is 13.8 Å². The molecule has 0 aliphatic carbocycles. The summed E-state index contributed by atoms with van der Waals surface area (Å²) in [6.45, 7) is 1.62. The Morgan fingerprint density at radius 3 is 2.55 bits per heavy atom. The Labute approximate surface area is 121 Å². The van der Waals surface area contributed by atoms with E-state index in [0.29, 0.717) is 21.9 Å². The molecule has 6 nitrogen and oxygen atoms in total. The van der Waals surface area contributed by atoms with E-state index in [1.165, 1.54) is 12.3 Å². The van der Waals surface area contributed by atoms with Gasteiger partial charge in [0.15, 0.2) is 16.4 Å². The summed E-state index contributed by atoms with van der Waals surface area (Å²) in [6.07, 6.45) is 3.15. The van der Waals surface area contributed by atoms with Crippen LogP contribution in [-0.4, -0.2) is 4.98 Å². The number of H-pyrrole nitrogens is 1. The molecular weight excluding hydrogens is 286 g/mol. The Morgan fingerprint density at radius 1 is 0.955 bits per heavy atom. The first kappa shape index (κ1) is 12.6. The number of hydrogen-bond acceptors (Lipinski definition) is 5. The minimum atomic E-state index is -0.562. The van der Waals surface area contributed by atoms with Crippen molar-refractivity contribution in [1.29, 1.82) is 0 Å². The number of aryl methyl sites for hydroxylation is 1. The second-order valence-corrected chi connectivity index (χ2v) is 5.03. The lowest BCUT2D eigenvalue weighted by Gasteiger charge is -2.05. The van der Waals surface area contributed by atoms with Crippen LogP contribution >= 0.6 is 0 Å². The van der Waals surface area contributed by atoms with Crippen molar-refractivity contribution in [2.75, 3.05) is 0 Å². The van der Waals surface area contributed by atoms with E-state index in [9.17, 15) is 14.4 Å². The molecule has 0 spiro atoms. The van der Waals surface area contributed by atoms with E-state index in [1.807, 2.05) is 0 Å². The number of aromatic amines is 1. The smallest absolute Gasteiger partial charge is 0.345 e. The average molecular weight is 295 g/mol. The van der Waals surface area contributed by atoms with Gasteiger partial charge in [-0.25, -0.2) is 4.79 Å². The largest absolute Gasteiger partial charge is 0.460 e. The zero-order chi connectivity index (χ0) is 15.4. The number of hydrogen-bond donors (Lipinski definition) is 1. The molecule has 3 heterocycles. The van der Waals surface area contributed by atoms with Crippen molar-refractivity contribution in [2.24, 2.45) is 0 Å². The van der Waals surface area contributed by atoms with E-state index in [4.69, 9.17) is 8.83 Å². The van der Waals surface area contributed by atoms with Crippen LogP contribution in [0.5, 0.6) is 0 Å². The Bertz CT molecular complexity index is 1240. The number of aromatic nitrogens is 1. The maximum Gasteiger partial charge on any atom is 0.345 e. The lowest BCUT2D eigenvalue weighted by molar-refractivity contribution is 0.558. The molecular formula is C16H9NO5. The maximum atomic E-state index is 12.1. The maximum absolute atomic E-state index is 12.1. The van der Waals surface area contributed by atoms with Gasteiger partial charge in [0.25, 0.3) is 0 Å². The van der Waals surface area contributed by atoms with Gasteiger partial charge in [-0.3, -0.25) is 9.59 Å². The predicted molar refractivity (Wildman–Crippen MR) is 81.4 cm³/mol. The summed E-state index contributed by atoms with van der Waals surface area (Å²) in [4.78, 5) is 39.1. The first-order chi connectivity index (χ1) is 10.6. The lowest BCUT2D eigenvalue weighted by Crippen LogP contribution is -2.13. The minimum absolute atomic E-state index is 0.0407. The van der Waals surface area contributed by atoms with Crippen LogP contribution in [0.3, 0.4) is 0 Å². The third-order valence-electron chi connectivity index (χ3n) is 3.61. The average Bonchev–Trinajstić information content (AvgIpc) is 2.46. The van der Waals surface area contributed by atoms with Crippen molar-refractivity contribution in [1.82, 2.24) is 4.98 Å². The Hall–Kier alpha value is -3.15. The second kappa shape index (κ2) is 4.17. The van der Waals surface area contributed by atoms with Gasteiger partial charge in [0.2, 0.25) is 0 Å². The molecule has 3 aromatic heterocycles. The number of nitrogens with one attached hydrogen (secondary N) is 1. The van der Waals surface area contributed by atoms with Crippen molar-refractivity contribution < 1.29 is 8.83 Å². The minimum Gasteiger partial charge on any atom is -0.460 e. The molecule has 1 N–H and O–H groups in total. The van der Waals surface area contributed by atoms with Crippen LogP contribution in [0, 0.1) is 6.92 Å². The van der Waals surface area contributed by atoms with Gasteiger partial charge in [0.05, 0.1) is 10.8 Å². The number of rotatable bonds is 0. The highest BCUT2D eigenvalue weighted by Crippen LogP contribution is 2.27. The second-order valence-electron chi connectivity index (χ2n) is 5.03. The molecule has 1 aromatic carbocycles. The number of pyridine rings is 1. The molecule has 0 aliphatic heterocycles. The van der Waals surface area contributed by atoms with Crippen LogP contribution in [0.25, 0.3) is 32.7 Å². The Kier molecular flexibility index (Phi) is 2.39. The molecule has 0 fully saturated rings. The molecule has 0 aliphatic rings. The Morgan fingerprint density at radius 2 is 1.73 bits per heavy atom. The zero-order valence-corrected chi connectivity index (χ0v) is 11.4. The first-order valence-corrected chi connectivity index (χ1v) is 6.57. The summed E-state index contributed by atoms with van der Waals surface area (Å²) in [7, 11) is 0. The highest BCUT2D eigenvalue weighted by Gasteiger charge is 2.16. The summed E-state index contributed by atoms with van der Waals surface area (Å²) < 4.78 is 10.8. The quantitative estimate of drug-likeness (QED) is 0.396. The van der Waals surface area contributed by atoms with E-state index < -0.39 is 16.5 Å². The van der Waals surface area contributed by atoms with Gasteiger partial charge in [-0.05, 0) is 13.0 Å². The summed E-state index contributed by atoms with van der Waals surface area (Å²) in [6, 6.07) is 4.10. The van der Waals surface area contributed by atoms with E-state index >= 15 is 0 Å². The van der Waals surface area contributed by atoms with Gasteiger partial charge >= 0.3 is 5.63 Å². The van der Waals surface area contributed by atoms with E-state index in [2.05, 4.69) is 4.98 Å². The molecule has 4 rings (SSSR count).